The minimum atomic E-state index is -0.00308. The Morgan fingerprint density at radius 3 is 3.00 bits per heavy atom. The minimum Gasteiger partial charge on any atom is -0.355 e. The van der Waals surface area contributed by atoms with Gasteiger partial charge in [-0.3, -0.25) is 9.69 Å². The third-order valence-corrected chi connectivity index (χ3v) is 5.45. The monoisotopic (exact) mass is 285 g/mol. The van der Waals surface area contributed by atoms with Crippen molar-refractivity contribution in [2.75, 3.05) is 37.7 Å². The number of nitrogens with zero attached hydrogens (tertiary/aromatic N) is 1. The van der Waals surface area contributed by atoms with Gasteiger partial charge in [0, 0.05) is 38.0 Å². The third kappa shape index (κ3) is 3.44. The number of hydrogen-bond donors (Lipinski definition) is 2. The molecule has 5 heteroatoms. The average molecular weight is 285 g/mol. The van der Waals surface area contributed by atoms with Crippen LogP contribution in [0.15, 0.2) is 0 Å². The number of carbonyl (C=O) groups is 1. The first-order valence-corrected chi connectivity index (χ1v) is 8.53. The molecule has 2 saturated heterocycles. The summed E-state index contributed by atoms with van der Waals surface area (Å²) in [4.78, 5) is 14.7. The lowest BCUT2D eigenvalue weighted by Gasteiger charge is -2.49. The van der Waals surface area contributed by atoms with Crippen LogP contribution in [0.3, 0.4) is 0 Å². The Labute approximate surface area is 121 Å². The van der Waals surface area contributed by atoms with Gasteiger partial charge in [-0.1, -0.05) is 13.8 Å². The number of nitrogens with one attached hydrogen (secondary N) is 2. The highest BCUT2D eigenvalue weighted by Crippen LogP contribution is 2.38. The van der Waals surface area contributed by atoms with Gasteiger partial charge < -0.3 is 10.6 Å². The number of rotatable bonds is 3. The standard InChI is InChI=1S/C14H27N3OS/c1-4-16-13(18)11-9-15-6-7-17(11)12-10-19-8-5-14(12,2)3/h11-12,15H,4-10H2,1-3H3,(H,16,18). The molecule has 0 aromatic carbocycles. The maximum Gasteiger partial charge on any atom is 0.238 e. The van der Waals surface area contributed by atoms with E-state index in [9.17, 15) is 4.79 Å². The van der Waals surface area contributed by atoms with Crippen LogP contribution in [0.1, 0.15) is 27.2 Å². The molecule has 0 aliphatic carbocycles. The van der Waals surface area contributed by atoms with Crippen LogP contribution >= 0.6 is 11.8 Å². The van der Waals surface area contributed by atoms with Crippen molar-refractivity contribution in [3.63, 3.8) is 0 Å². The van der Waals surface area contributed by atoms with Crippen molar-refractivity contribution in [1.29, 1.82) is 0 Å². The zero-order chi connectivity index (χ0) is 13.9. The molecule has 0 saturated carbocycles. The van der Waals surface area contributed by atoms with Crippen LogP contribution < -0.4 is 10.6 Å². The summed E-state index contributed by atoms with van der Waals surface area (Å²) in [6.07, 6.45) is 1.24. The second-order valence-corrected chi connectivity index (χ2v) is 7.33. The summed E-state index contributed by atoms with van der Waals surface area (Å²) in [6.45, 7) is 10.2. The number of hydrogen-bond acceptors (Lipinski definition) is 4. The summed E-state index contributed by atoms with van der Waals surface area (Å²) >= 11 is 2.03. The molecule has 2 N–H and O–H groups in total. The Hall–Kier alpha value is -0.260. The quantitative estimate of drug-likeness (QED) is 0.810. The molecular formula is C14H27N3OS. The van der Waals surface area contributed by atoms with Crippen LogP contribution in [0.2, 0.25) is 0 Å². The molecule has 2 fully saturated rings. The molecule has 1 amide bonds. The Morgan fingerprint density at radius 2 is 2.32 bits per heavy atom. The van der Waals surface area contributed by atoms with Crippen LogP contribution in [0.4, 0.5) is 0 Å². The second kappa shape index (κ2) is 6.46. The molecule has 2 rings (SSSR count). The van der Waals surface area contributed by atoms with E-state index in [1.165, 1.54) is 12.2 Å². The van der Waals surface area contributed by atoms with Crippen molar-refractivity contribution in [1.82, 2.24) is 15.5 Å². The summed E-state index contributed by atoms with van der Waals surface area (Å²) in [5.74, 6) is 2.59. The number of amides is 1. The largest absolute Gasteiger partial charge is 0.355 e. The molecule has 2 heterocycles. The van der Waals surface area contributed by atoms with Crippen molar-refractivity contribution in [2.24, 2.45) is 5.41 Å². The fraction of sp³-hybridized carbons (Fsp3) is 0.929. The van der Waals surface area contributed by atoms with Gasteiger partial charge in [0.2, 0.25) is 5.91 Å². The van der Waals surface area contributed by atoms with Crippen molar-refractivity contribution in [3.8, 4) is 0 Å². The Bertz CT molecular complexity index is 322. The van der Waals surface area contributed by atoms with E-state index in [0.29, 0.717) is 18.0 Å². The van der Waals surface area contributed by atoms with Crippen molar-refractivity contribution in [3.05, 3.63) is 0 Å². The summed E-state index contributed by atoms with van der Waals surface area (Å²) in [5.41, 5.74) is 0.313. The van der Waals surface area contributed by atoms with Crippen LogP contribution in [0.25, 0.3) is 0 Å². The molecule has 0 aromatic heterocycles. The number of piperazine rings is 1. The highest BCUT2D eigenvalue weighted by molar-refractivity contribution is 7.99. The minimum absolute atomic E-state index is 0.00308. The molecule has 4 nitrogen and oxygen atoms in total. The molecule has 2 unspecified atom stereocenters. The van der Waals surface area contributed by atoms with Crippen molar-refractivity contribution in [2.45, 2.75) is 39.3 Å². The van der Waals surface area contributed by atoms with Gasteiger partial charge in [0.25, 0.3) is 0 Å². The maximum atomic E-state index is 12.3. The van der Waals surface area contributed by atoms with Crippen LogP contribution in [-0.2, 0) is 4.79 Å². The van der Waals surface area contributed by atoms with E-state index in [0.717, 1.165) is 25.4 Å². The molecule has 2 aliphatic rings. The fourth-order valence-corrected chi connectivity index (χ4v) is 4.80. The first-order chi connectivity index (χ1) is 9.06. The smallest absolute Gasteiger partial charge is 0.238 e. The molecule has 2 atom stereocenters. The molecule has 110 valence electrons. The maximum absolute atomic E-state index is 12.3. The van der Waals surface area contributed by atoms with E-state index in [1.807, 2.05) is 18.7 Å². The fourth-order valence-electron chi connectivity index (χ4n) is 3.10. The van der Waals surface area contributed by atoms with E-state index in [2.05, 4.69) is 29.4 Å². The van der Waals surface area contributed by atoms with Crippen LogP contribution in [0, 0.1) is 5.41 Å². The molecular weight excluding hydrogens is 258 g/mol. The highest BCUT2D eigenvalue weighted by Gasteiger charge is 2.42. The van der Waals surface area contributed by atoms with Crippen LogP contribution in [-0.4, -0.2) is 60.6 Å². The molecule has 0 bridgehead atoms. The van der Waals surface area contributed by atoms with Crippen molar-refractivity contribution >= 4 is 17.7 Å². The lowest BCUT2D eigenvalue weighted by Crippen LogP contribution is -2.64. The van der Waals surface area contributed by atoms with E-state index < -0.39 is 0 Å². The first-order valence-electron chi connectivity index (χ1n) is 7.38. The molecule has 0 aromatic rings. The summed E-state index contributed by atoms with van der Waals surface area (Å²) in [6, 6.07) is 0.512. The van der Waals surface area contributed by atoms with E-state index >= 15 is 0 Å². The van der Waals surface area contributed by atoms with E-state index in [-0.39, 0.29) is 11.9 Å². The summed E-state index contributed by atoms with van der Waals surface area (Å²) in [7, 11) is 0. The zero-order valence-corrected chi connectivity index (χ0v) is 13.2. The number of thioether (sulfide) groups is 1. The van der Waals surface area contributed by atoms with Gasteiger partial charge in [-0.2, -0.15) is 11.8 Å². The van der Waals surface area contributed by atoms with Gasteiger partial charge in [-0.15, -0.1) is 0 Å². The number of likely N-dealkylation sites (N-methyl/N-ethyl adjacent to an activating group) is 1. The van der Waals surface area contributed by atoms with E-state index in [1.54, 1.807) is 0 Å². The number of carbonyl (C=O) groups excluding carboxylic acids is 1. The lowest BCUT2D eigenvalue weighted by molar-refractivity contribution is -0.129. The van der Waals surface area contributed by atoms with Crippen LogP contribution in [0.5, 0.6) is 0 Å². The Morgan fingerprint density at radius 1 is 1.53 bits per heavy atom. The third-order valence-electron chi connectivity index (χ3n) is 4.41. The highest BCUT2D eigenvalue weighted by atomic mass is 32.2. The lowest BCUT2D eigenvalue weighted by atomic mass is 9.80. The normalized spacial score (nSPS) is 31.9. The predicted molar refractivity (Wildman–Crippen MR) is 81.6 cm³/mol. The second-order valence-electron chi connectivity index (χ2n) is 6.18. The molecule has 2 aliphatic heterocycles. The average Bonchev–Trinajstić information content (AvgIpc) is 2.38. The SMILES string of the molecule is CCNC(=O)C1CNCCN1C1CSCCC1(C)C. The van der Waals surface area contributed by atoms with E-state index in [4.69, 9.17) is 0 Å². The molecule has 19 heavy (non-hydrogen) atoms. The first kappa shape index (κ1) is 15.1. The van der Waals surface area contributed by atoms with Gasteiger partial charge >= 0.3 is 0 Å². The topological polar surface area (TPSA) is 44.4 Å². The zero-order valence-electron chi connectivity index (χ0n) is 12.4. The van der Waals surface area contributed by atoms with Gasteiger partial charge in [0.1, 0.15) is 6.04 Å². The summed E-state index contributed by atoms with van der Waals surface area (Å²) < 4.78 is 0. The van der Waals surface area contributed by atoms with Gasteiger partial charge in [0.15, 0.2) is 0 Å². The summed E-state index contributed by atoms with van der Waals surface area (Å²) in [5, 5.41) is 6.35. The predicted octanol–water partition coefficient (Wildman–Crippen LogP) is 0.928. The van der Waals surface area contributed by atoms with Gasteiger partial charge in [0.05, 0.1) is 0 Å². The Kier molecular flexibility index (Phi) is 5.15. The van der Waals surface area contributed by atoms with Gasteiger partial charge in [-0.05, 0) is 24.5 Å². The van der Waals surface area contributed by atoms with Gasteiger partial charge in [-0.25, -0.2) is 0 Å². The van der Waals surface area contributed by atoms with Crippen molar-refractivity contribution < 1.29 is 4.79 Å². The molecule has 0 spiro atoms. The Balaban J connectivity index is 2.12. The molecule has 0 radical (unpaired) electrons.